The lowest BCUT2D eigenvalue weighted by atomic mass is 10.1. The van der Waals surface area contributed by atoms with E-state index in [1.165, 1.54) is 4.31 Å². The Hall–Kier alpha value is -2.05. The summed E-state index contributed by atoms with van der Waals surface area (Å²) in [4.78, 5) is 12.2. The molecule has 0 saturated carbocycles. The van der Waals surface area contributed by atoms with E-state index < -0.39 is 10.0 Å². The maximum atomic E-state index is 12.2. The summed E-state index contributed by atoms with van der Waals surface area (Å²) in [7, 11) is -3.52. The van der Waals surface area contributed by atoms with Crippen LogP contribution in [0.2, 0.25) is 5.02 Å². The molecule has 2 aromatic carbocycles. The topological polar surface area (TPSA) is 66.5 Å². The Balaban J connectivity index is 2.10. The second kappa shape index (κ2) is 7.89. The van der Waals surface area contributed by atoms with Crippen molar-refractivity contribution >= 4 is 38.9 Å². The zero-order valence-corrected chi connectivity index (χ0v) is 16.0. The van der Waals surface area contributed by atoms with Gasteiger partial charge in [-0.15, -0.1) is 0 Å². The minimum atomic E-state index is -3.52. The lowest BCUT2D eigenvalue weighted by molar-refractivity contribution is -0.116. The Labute approximate surface area is 153 Å². The highest BCUT2D eigenvalue weighted by atomic mass is 35.5. The van der Waals surface area contributed by atoms with Gasteiger partial charge in [0, 0.05) is 23.7 Å². The summed E-state index contributed by atoms with van der Waals surface area (Å²) in [5, 5.41) is 3.27. The Bertz CT molecular complexity index is 882. The molecule has 2 aromatic rings. The molecule has 0 heterocycles. The van der Waals surface area contributed by atoms with Crippen LogP contribution in [-0.2, 0) is 14.8 Å². The van der Waals surface area contributed by atoms with Gasteiger partial charge in [-0.25, -0.2) is 8.42 Å². The number of hydrogen-bond donors (Lipinski definition) is 1. The smallest absolute Gasteiger partial charge is 0.232 e. The van der Waals surface area contributed by atoms with Crippen LogP contribution < -0.4 is 9.62 Å². The normalized spacial score (nSPS) is 11.2. The fourth-order valence-electron chi connectivity index (χ4n) is 2.42. The molecule has 1 amide bonds. The third-order valence-electron chi connectivity index (χ3n) is 3.92. The lowest BCUT2D eigenvalue weighted by Crippen LogP contribution is -2.33. The van der Waals surface area contributed by atoms with Gasteiger partial charge >= 0.3 is 0 Å². The van der Waals surface area contributed by atoms with Crippen LogP contribution in [0.3, 0.4) is 0 Å². The minimum Gasteiger partial charge on any atom is -0.326 e. The predicted molar refractivity (Wildman–Crippen MR) is 103 cm³/mol. The summed E-state index contributed by atoms with van der Waals surface area (Å²) in [5.74, 6) is -0.246. The van der Waals surface area contributed by atoms with Gasteiger partial charge in [0.2, 0.25) is 15.9 Å². The number of anilines is 2. The van der Waals surface area contributed by atoms with E-state index in [4.69, 9.17) is 11.6 Å². The van der Waals surface area contributed by atoms with Crippen LogP contribution in [-0.4, -0.2) is 27.1 Å². The molecule has 25 heavy (non-hydrogen) atoms. The maximum absolute atomic E-state index is 12.2. The summed E-state index contributed by atoms with van der Waals surface area (Å²) in [6, 6.07) is 12.2. The van der Waals surface area contributed by atoms with Crippen molar-refractivity contribution in [1.29, 1.82) is 0 Å². The van der Waals surface area contributed by atoms with Crippen LogP contribution in [0.5, 0.6) is 0 Å². The molecule has 0 spiro atoms. The molecule has 0 fully saturated rings. The van der Waals surface area contributed by atoms with E-state index in [1.807, 2.05) is 32.0 Å². The summed E-state index contributed by atoms with van der Waals surface area (Å²) in [5.41, 5.74) is 3.24. The van der Waals surface area contributed by atoms with E-state index in [9.17, 15) is 13.2 Å². The van der Waals surface area contributed by atoms with Gasteiger partial charge in [-0.2, -0.15) is 0 Å². The van der Waals surface area contributed by atoms with Gasteiger partial charge in [-0.3, -0.25) is 9.10 Å². The fraction of sp³-hybridized carbons (Fsp3) is 0.278. The van der Waals surface area contributed by atoms with Gasteiger partial charge in [-0.1, -0.05) is 29.8 Å². The fourth-order valence-corrected chi connectivity index (χ4v) is 3.52. The number of amides is 1. The van der Waals surface area contributed by atoms with Gasteiger partial charge in [0.1, 0.15) is 0 Å². The largest absolute Gasteiger partial charge is 0.326 e. The highest BCUT2D eigenvalue weighted by Gasteiger charge is 2.19. The molecule has 5 nitrogen and oxygen atoms in total. The number of nitrogens with zero attached hydrogens (tertiary/aromatic N) is 1. The van der Waals surface area contributed by atoms with Gasteiger partial charge in [0.05, 0.1) is 11.9 Å². The molecule has 0 bridgehead atoms. The number of hydrogen-bond acceptors (Lipinski definition) is 3. The lowest BCUT2D eigenvalue weighted by Gasteiger charge is -2.22. The monoisotopic (exact) mass is 380 g/mol. The predicted octanol–water partition coefficient (Wildman–Crippen LogP) is 3.75. The van der Waals surface area contributed by atoms with Gasteiger partial charge in [0.25, 0.3) is 0 Å². The zero-order chi connectivity index (χ0) is 18.6. The minimum absolute atomic E-state index is 0.0347. The van der Waals surface area contributed by atoms with Crippen LogP contribution >= 0.6 is 11.6 Å². The molecule has 2 rings (SSSR count). The standard InChI is InChI=1S/C18H21ClN2O3S/c1-13-6-4-9-17(14(13)2)20-18(22)10-11-21(25(3,23)24)16-8-5-7-15(19)12-16/h4-9,12H,10-11H2,1-3H3,(H,20,22). The second-order valence-electron chi connectivity index (χ2n) is 5.86. The first-order valence-electron chi connectivity index (χ1n) is 7.78. The number of rotatable bonds is 6. The summed E-state index contributed by atoms with van der Waals surface area (Å²) >= 11 is 5.94. The van der Waals surface area contributed by atoms with Gasteiger partial charge in [-0.05, 0) is 49.2 Å². The van der Waals surface area contributed by atoms with Crippen molar-refractivity contribution in [3.63, 3.8) is 0 Å². The first-order valence-corrected chi connectivity index (χ1v) is 10.0. The van der Waals surface area contributed by atoms with E-state index in [0.717, 1.165) is 23.1 Å². The first-order chi connectivity index (χ1) is 11.7. The van der Waals surface area contributed by atoms with Crippen molar-refractivity contribution in [1.82, 2.24) is 0 Å². The van der Waals surface area contributed by atoms with Crippen LogP contribution in [0.25, 0.3) is 0 Å². The molecule has 0 saturated heterocycles. The van der Waals surface area contributed by atoms with Crippen molar-refractivity contribution in [3.8, 4) is 0 Å². The molecule has 0 aliphatic carbocycles. The van der Waals surface area contributed by atoms with Crippen molar-refractivity contribution in [2.24, 2.45) is 0 Å². The maximum Gasteiger partial charge on any atom is 0.232 e. The number of benzene rings is 2. The van der Waals surface area contributed by atoms with Crippen molar-refractivity contribution in [2.45, 2.75) is 20.3 Å². The molecule has 0 atom stereocenters. The Kier molecular flexibility index (Phi) is 6.08. The molecule has 0 aliphatic rings. The van der Waals surface area contributed by atoms with Gasteiger partial charge in [0.15, 0.2) is 0 Å². The van der Waals surface area contributed by atoms with E-state index >= 15 is 0 Å². The number of carbonyl (C=O) groups excluding carboxylic acids is 1. The van der Waals surface area contributed by atoms with E-state index in [0.29, 0.717) is 10.7 Å². The molecular weight excluding hydrogens is 360 g/mol. The zero-order valence-electron chi connectivity index (χ0n) is 14.4. The number of carbonyl (C=O) groups is 1. The number of nitrogens with one attached hydrogen (secondary N) is 1. The number of aryl methyl sites for hydroxylation is 1. The molecule has 7 heteroatoms. The molecule has 0 aromatic heterocycles. The molecular formula is C18H21ClN2O3S. The summed E-state index contributed by atoms with van der Waals surface area (Å²) < 4.78 is 25.3. The number of sulfonamides is 1. The SMILES string of the molecule is Cc1cccc(NC(=O)CCN(c2cccc(Cl)c2)S(C)(=O)=O)c1C. The van der Waals surface area contributed by atoms with Crippen LogP contribution in [0.4, 0.5) is 11.4 Å². The molecule has 0 unspecified atom stereocenters. The molecule has 0 aliphatic heterocycles. The van der Waals surface area contributed by atoms with Crippen molar-refractivity contribution < 1.29 is 13.2 Å². The molecule has 1 N–H and O–H groups in total. The van der Waals surface area contributed by atoms with Gasteiger partial charge < -0.3 is 5.32 Å². The quantitative estimate of drug-likeness (QED) is 0.829. The Morgan fingerprint density at radius 1 is 1.16 bits per heavy atom. The van der Waals surface area contributed by atoms with Crippen molar-refractivity contribution in [2.75, 3.05) is 22.4 Å². The molecule has 0 radical (unpaired) electrons. The second-order valence-corrected chi connectivity index (χ2v) is 8.20. The van der Waals surface area contributed by atoms with E-state index in [-0.39, 0.29) is 18.9 Å². The third-order valence-corrected chi connectivity index (χ3v) is 5.35. The van der Waals surface area contributed by atoms with Crippen LogP contribution in [0, 0.1) is 13.8 Å². The van der Waals surface area contributed by atoms with Crippen LogP contribution in [0.15, 0.2) is 42.5 Å². The Morgan fingerprint density at radius 2 is 1.84 bits per heavy atom. The van der Waals surface area contributed by atoms with E-state index in [1.54, 1.807) is 24.3 Å². The Morgan fingerprint density at radius 3 is 2.48 bits per heavy atom. The average Bonchev–Trinajstić information content (AvgIpc) is 2.51. The van der Waals surface area contributed by atoms with Crippen LogP contribution in [0.1, 0.15) is 17.5 Å². The average molecular weight is 381 g/mol. The van der Waals surface area contributed by atoms with Crippen molar-refractivity contribution in [3.05, 3.63) is 58.6 Å². The molecule has 134 valence electrons. The van der Waals surface area contributed by atoms with E-state index in [2.05, 4.69) is 5.32 Å². The summed E-state index contributed by atoms with van der Waals surface area (Å²) in [6.07, 6.45) is 1.14. The summed E-state index contributed by atoms with van der Waals surface area (Å²) in [6.45, 7) is 3.94. The highest BCUT2D eigenvalue weighted by Crippen LogP contribution is 2.22. The highest BCUT2D eigenvalue weighted by molar-refractivity contribution is 7.92. The third kappa shape index (κ3) is 5.21. The number of halogens is 1. The first kappa shape index (κ1) is 19.3.